The molecule has 198 valence electrons. The second-order valence-electron chi connectivity index (χ2n) is 10.1. The Labute approximate surface area is 241 Å². The maximum Gasteiger partial charge on any atom is 0.117 e. The van der Waals surface area contributed by atoms with Gasteiger partial charge in [0.1, 0.15) is 17.2 Å². The average Bonchev–Trinajstić information content (AvgIpc) is 3.69. The van der Waals surface area contributed by atoms with E-state index < -0.39 is 0 Å². The molecule has 0 saturated carbocycles. The van der Waals surface area contributed by atoms with E-state index in [1.165, 1.54) is 0 Å². The molecule has 7 rings (SSSR count). The van der Waals surface area contributed by atoms with Crippen LogP contribution in [-0.2, 0) is 6.42 Å². The molecule has 0 spiro atoms. The Hall–Kier alpha value is -6.22. The standard InChI is InChI=1S/C37H22N2O3/c40-30-9-12-33-26(7-8-27(33)18-30)4-1-23-15-24(2-5-28-21-38-36-19-31(41)10-13-34(28)36)17-25(16-23)3-6-29-22-39-37-20-32(42)11-14-35(29)37/h7,9-22,38-42H,8H2. The van der Waals surface area contributed by atoms with Crippen molar-refractivity contribution < 1.29 is 15.3 Å². The highest BCUT2D eigenvalue weighted by Crippen LogP contribution is 2.30. The lowest BCUT2D eigenvalue weighted by Crippen LogP contribution is -1.86. The van der Waals surface area contributed by atoms with Crippen LogP contribution in [-0.4, -0.2) is 25.3 Å². The van der Waals surface area contributed by atoms with Gasteiger partial charge in [-0.25, -0.2) is 0 Å². The number of aromatic hydroxyl groups is 3. The summed E-state index contributed by atoms with van der Waals surface area (Å²) < 4.78 is 0. The van der Waals surface area contributed by atoms with Crippen molar-refractivity contribution in [3.63, 3.8) is 0 Å². The number of benzene rings is 4. The number of hydrogen-bond acceptors (Lipinski definition) is 3. The van der Waals surface area contributed by atoms with Gasteiger partial charge in [-0.1, -0.05) is 41.6 Å². The van der Waals surface area contributed by atoms with Crippen LogP contribution in [0.3, 0.4) is 0 Å². The third kappa shape index (κ3) is 4.82. The predicted molar refractivity (Wildman–Crippen MR) is 165 cm³/mol. The summed E-state index contributed by atoms with van der Waals surface area (Å²) in [5.74, 6) is 20.3. The first kappa shape index (κ1) is 24.8. The summed E-state index contributed by atoms with van der Waals surface area (Å²) in [7, 11) is 0. The minimum Gasteiger partial charge on any atom is -0.508 e. The van der Waals surface area contributed by atoms with Crippen molar-refractivity contribution >= 4 is 27.4 Å². The number of phenolic OH excluding ortho intramolecular Hbond substituents is 3. The number of H-pyrrole nitrogens is 2. The number of aromatic amines is 2. The van der Waals surface area contributed by atoms with Gasteiger partial charge in [0.15, 0.2) is 0 Å². The quantitative estimate of drug-likeness (QED) is 0.141. The maximum absolute atomic E-state index is 9.82. The number of aromatic nitrogens is 2. The smallest absolute Gasteiger partial charge is 0.117 e. The molecule has 0 radical (unpaired) electrons. The molecule has 0 aliphatic heterocycles. The molecule has 5 heteroatoms. The summed E-state index contributed by atoms with van der Waals surface area (Å²) in [6.07, 6.45) is 6.47. The van der Waals surface area contributed by atoms with Crippen molar-refractivity contribution in [2.24, 2.45) is 0 Å². The molecule has 4 aromatic carbocycles. The Kier molecular flexibility index (Phi) is 5.94. The normalized spacial score (nSPS) is 11.6. The molecular formula is C37H22N2O3. The van der Waals surface area contributed by atoms with Gasteiger partial charge in [0.2, 0.25) is 0 Å². The molecule has 2 heterocycles. The highest BCUT2D eigenvalue weighted by molar-refractivity contribution is 5.88. The zero-order valence-electron chi connectivity index (χ0n) is 22.2. The first-order valence-corrected chi connectivity index (χ1v) is 13.3. The summed E-state index contributed by atoms with van der Waals surface area (Å²) in [4.78, 5) is 6.31. The summed E-state index contributed by atoms with van der Waals surface area (Å²) in [6, 6.07) is 21.5. The van der Waals surface area contributed by atoms with Crippen molar-refractivity contribution in [3.05, 3.63) is 130 Å². The number of hydrogen-bond donors (Lipinski definition) is 5. The van der Waals surface area contributed by atoms with Gasteiger partial charge >= 0.3 is 0 Å². The number of allylic oxidation sites excluding steroid dienone is 2. The Bertz CT molecular complexity index is 2170. The summed E-state index contributed by atoms with van der Waals surface area (Å²) in [5.41, 5.74) is 8.63. The van der Waals surface area contributed by atoms with Crippen molar-refractivity contribution in [2.45, 2.75) is 6.42 Å². The van der Waals surface area contributed by atoms with Gasteiger partial charge in [0.25, 0.3) is 0 Å². The molecule has 0 unspecified atom stereocenters. The molecule has 0 atom stereocenters. The van der Waals surface area contributed by atoms with E-state index in [0.717, 1.165) is 72.7 Å². The van der Waals surface area contributed by atoms with Gasteiger partial charge in [-0.3, -0.25) is 0 Å². The van der Waals surface area contributed by atoms with E-state index in [2.05, 4.69) is 51.6 Å². The van der Waals surface area contributed by atoms with Gasteiger partial charge in [-0.05, 0) is 78.2 Å². The molecular weight excluding hydrogens is 520 g/mol. The maximum atomic E-state index is 9.82. The van der Waals surface area contributed by atoms with E-state index in [0.29, 0.717) is 0 Å². The predicted octanol–water partition coefficient (Wildman–Crippen LogP) is 6.56. The first-order valence-electron chi connectivity index (χ1n) is 13.3. The topological polar surface area (TPSA) is 92.3 Å². The minimum atomic E-state index is 0.196. The van der Waals surface area contributed by atoms with E-state index in [-0.39, 0.29) is 17.2 Å². The van der Waals surface area contributed by atoms with Crippen molar-refractivity contribution in [3.8, 4) is 52.8 Å². The molecule has 5 nitrogen and oxygen atoms in total. The van der Waals surface area contributed by atoms with E-state index >= 15 is 0 Å². The Morgan fingerprint density at radius 1 is 0.524 bits per heavy atom. The van der Waals surface area contributed by atoms with Crippen LogP contribution in [0.5, 0.6) is 17.2 Å². The van der Waals surface area contributed by atoms with Gasteiger partial charge in [0.05, 0.1) is 22.2 Å². The van der Waals surface area contributed by atoms with E-state index in [9.17, 15) is 15.3 Å². The van der Waals surface area contributed by atoms with E-state index in [1.54, 1.807) is 36.4 Å². The van der Waals surface area contributed by atoms with Crippen LogP contribution in [0, 0.1) is 35.5 Å². The van der Waals surface area contributed by atoms with Crippen LogP contribution in [0.15, 0.2) is 91.3 Å². The van der Waals surface area contributed by atoms with Crippen LogP contribution in [0.2, 0.25) is 0 Å². The summed E-state index contributed by atoms with van der Waals surface area (Å²) in [5, 5.41) is 31.2. The Morgan fingerprint density at radius 3 is 1.60 bits per heavy atom. The third-order valence-corrected chi connectivity index (χ3v) is 7.19. The molecule has 0 amide bonds. The average molecular weight is 543 g/mol. The molecule has 0 fully saturated rings. The Balaban J connectivity index is 1.28. The molecule has 5 N–H and O–H groups in total. The third-order valence-electron chi connectivity index (χ3n) is 7.19. The van der Waals surface area contributed by atoms with Gasteiger partial charge in [0, 0.05) is 57.6 Å². The van der Waals surface area contributed by atoms with E-state index in [1.807, 2.05) is 48.8 Å². The van der Waals surface area contributed by atoms with Crippen LogP contribution in [0.4, 0.5) is 0 Å². The first-order chi connectivity index (χ1) is 20.5. The van der Waals surface area contributed by atoms with Crippen molar-refractivity contribution in [1.29, 1.82) is 0 Å². The largest absolute Gasteiger partial charge is 0.508 e. The highest BCUT2D eigenvalue weighted by atomic mass is 16.3. The molecule has 1 aliphatic rings. The van der Waals surface area contributed by atoms with Crippen molar-refractivity contribution in [2.75, 3.05) is 0 Å². The number of fused-ring (bicyclic) bond motifs is 3. The van der Waals surface area contributed by atoms with Gasteiger partial charge in [-0.2, -0.15) is 0 Å². The Morgan fingerprint density at radius 2 is 1.02 bits per heavy atom. The van der Waals surface area contributed by atoms with Crippen LogP contribution in [0.1, 0.15) is 38.9 Å². The molecule has 6 aromatic rings. The molecule has 0 saturated heterocycles. The fraction of sp³-hybridized carbons (Fsp3) is 0.0270. The second-order valence-corrected chi connectivity index (χ2v) is 10.1. The van der Waals surface area contributed by atoms with Crippen LogP contribution < -0.4 is 0 Å². The number of phenols is 3. The lowest BCUT2D eigenvalue weighted by Gasteiger charge is -2.01. The molecule has 2 aromatic heterocycles. The van der Waals surface area contributed by atoms with Crippen LogP contribution in [0.25, 0.3) is 27.4 Å². The SMILES string of the molecule is Oc1ccc2c(c1)CC=C2C#Cc1cc(C#Cc2c[nH]c3cc(O)ccc23)cc(C#Cc2c[nH]c3cc(O)ccc23)c1. The molecule has 1 aliphatic carbocycles. The lowest BCUT2D eigenvalue weighted by atomic mass is 10.0. The van der Waals surface area contributed by atoms with Gasteiger partial charge < -0.3 is 25.3 Å². The molecule has 0 bridgehead atoms. The number of rotatable bonds is 0. The summed E-state index contributed by atoms with van der Waals surface area (Å²) >= 11 is 0. The monoisotopic (exact) mass is 542 g/mol. The van der Waals surface area contributed by atoms with Gasteiger partial charge in [-0.15, -0.1) is 0 Å². The summed E-state index contributed by atoms with van der Waals surface area (Å²) in [6.45, 7) is 0. The minimum absolute atomic E-state index is 0.196. The zero-order chi connectivity index (χ0) is 28.6. The fourth-order valence-electron chi connectivity index (χ4n) is 5.15. The highest BCUT2D eigenvalue weighted by Gasteiger charge is 2.12. The lowest BCUT2D eigenvalue weighted by molar-refractivity contribution is 0.474. The fourth-order valence-corrected chi connectivity index (χ4v) is 5.15. The van der Waals surface area contributed by atoms with Crippen molar-refractivity contribution in [1.82, 2.24) is 9.97 Å². The number of nitrogens with one attached hydrogen (secondary N) is 2. The zero-order valence-corrected chi connectivity index (χ0v) is 22.2. The molecule has 42 heavy (non-hydrogen) atoms. The van der Waals surface area contributed by atoms with E-state index in [4.69, 9.17) is 0 Å². The van der Waals surface area contributed by atoms with Crippen LogP contribution >= 0.6 is 0 Å². The second kappa shape index (κ2) is 10.1.